The van der Waals surface area contributed by atoms with Crippen LogP contribution < -0.4 is 11.4 Å². The summed E-state index contributed by atoms with van der Waals surface area (Å²) in [6.45, 7) is 0.533. The molecule has 5 heteroatoms. The predicted molar refractivity (Wildman–Crippen MR) is 43.5 cm³/mol. The van der Waals surface area contributed by atoms with E-state index in [0.29, 0.717) is 19.4 Å². The summed E-state index contributed by atoms with van der Waals surface area (Å²) in [6.07, 6.45) is 4.13. The Morgan fingerprint density at radius 1 is 1.67 bits per heavy atom. The van der Waals surface area contributed by atoms with E-state index < -0.39 is 0 Å². The number of hydrogen-bond donors (Lipinski definition) is 2. The van der Waals surface area contributed by atoms with Gasteiger partial charge < -0.3 is 10.7 Å². The van der Waals surface area contributed by atoms with Crippen molar-refractivity contribution in [2.75, 3.05) is 0 Å². The number of rotatable bonds is 4. The molecule has 0 atom stereocenters. The van der Waals surface area contributed by atoms with Crippen LogP contribution in [-0.2, 0) is 11.3 Å². The standard InChI is InChI=1S/C7H11N3O2/c8-6(11)2-1-4-10-5-3-9-7(10)12/h3,5H,1-2,4H2,(H2,8,11)(H,9,12). The summed E-state index contributed by atoms with van der Waals surface area (Å²) < 4.78 is 1.50. The molecule has 0 unspecified atom stereocenters. The Morgan fingerprint density at radius 2 is 2.42 bits per heavy atom. The predicted octanol–water partition coefficient (Wildman–Crippen LogP) is -0.558. The minimum atomic E-state index is -0.335. The first-order valence-corrected chi connectivity index (χ1v) is 3.72. The molecule has 0 saturated carbocycles. The maximum Gasteiger partial charge on any atom is 0.325 e. The first-order chi connectivity index (χ1) is 5.70. The lowest BCUT2D eigenvalue weighted by Crippen LogP contribution is -2.18. The number of carbonyl (C=O) groups excluding carboxylic acids is 1. The third-order valence-corrected chi connectivity index (χ3v) is 1.54. The molecule has 5 nitrogen and oxygen atoms in total. The third-order valence-electron chi connectivity index (χ3n) is 1.54. The Hall–Kier alpha value is -1.52. The van der Waals surface area contributed by atoms with E-state index in [1.54, 1.807) is 12.4 Å². The van der Waals surface area contributed by atoms with Crippen molar-refractivity contribution in [3.8, 4) is 0 Å². The zero-order valence-corrected chi connectivity index (χ0v) is 6.62. The molecule has 1 rings (SSSR count). The zero-order chi connectivity index (χ0) is 8.97. The number of aromatic amines is 1. The van der Waals surface area contributed by atoms with E-state index in [1.165, 1.54) is 4.57 Å². The van der Waals surface area contributed by atoms with Gasteiger partial charge >= 0.3 is 5.69 Å². The maximum absolute atomic E-state index is 10.9. The lowest BCUT2D eigenvalue weighted by Gasteiger charge is -1.97. The minimum absolute atomic E-state index is 0.153. The van der Waals surface area contributed by atoms with Crippen LogP contribution in [0.2, 0.25) is 0 Å². The fourth-order valence-corrected chi connectivity index (χ4v) is 0.949. The number of H-pyrrole nitrogens is 1. The van der Waals surface area contributed by atoms with Crippen molar-refractivity contribution in [2.24, 2.45) is 5.73 Å². The Bertz CT molecular complexity index is 312. The Morgan fingerprint density at radius 3 is 2.92 bits per heavy atom. The smallest absolute Gasteiger partial charge is 0.325 e. The van der Waals surface area contributed by atoms with Crippen LogP contribution in [0.15, 0.2) is 17.2 Å². The Balaban J connectivity index is 2.39. The molecule has 0 aliphatic rings. The first kappa shape index (κ1) is 8.58. The van der Waals surface area contributed by atoms with Crippen LogP contribution >= 0.6 is 0 Å². The lowest BCUT2D eigenvalue weighted by molar-refractivity contribution is -0.118. The highest BCUT2D eigenvalue weighted by atomic mass is 16.1. The minimum Gasteiger partial charge on any atom is -0.370 e. The van der Waals surface area contributed by atoms with Gasteiger partial charge in [-0.25, -0.2) is 4.79 Å². The van der Waals surface area contributed by atoms with Crippen LogP contribution in [0.4, 0.5) is 0 Å². The molecule has 0 radical (unpaired) electrons. The molecule has 0 aromatic carbocycles. The highest BCUT2D eigenvalue weighted by Gasteiger charge is 1.97. The van der Waals surface area contributed by atoms with Crippen molar-refractivity contribution in [3.63, 3.8) is 0 Å². The molecule has 1 amide bonds. The second-order valence-corrected chi connectivity index (χ2v) is 2.53. The number of hydrogen-bond acceptors (Lipinski definition) is 2. The Kier molecular flexibility index (Phi) is 2.68. The van der Waals surface area contributed by atoms with E-state index in [2.05, 4.69) is 4.98 Å². The van der Waals surface area contributed by atoms with Crippen molar-refractivity contribution >= 4 is 5.91 Å². The lowest BCUT2D eigenvalue weighted by atomic mass is 10.3. The Labute approximate surface area is 69.2 Å². The summed E-state index contributed by atoms with van der Waals surface area (Å²) in [7, 11) is 0. The van der Waals surface area contributed by atoms with Crippen LogP contribution in [0.3, 0.4) is 0 Å². The van der Waals surface area contributed by atoms with Gasteiger partial charge in [-0.15, -0.1) is 0 Å². The van der Waals surface area contributed by atoms with Gasteiger partial charge in [0.25, 0.3) is 0 Å². The van der Waals surface area contributed by atoms with E-state index in [1.807, 2.05) is 0 Å². The van der Waals surface area contributed by atoms with Gasteiger partial charge in [0, 0.05) is 25.4 Å². The highest BCUT2D eigenvalue weighted by Crippen LogP contribution is 1.90. The molecule has 3 N–H and O–H groups in total. The van der Waals surface area contributed by atoms with Crippen LogP contribution in [0.25, 0.3) is 0 Å². The third kappa shape index (κ3) is 2.26. The van der Waals surface area contributed by atoms with Gasteiger partial charge in [-0.1, -0.05) is 0 Å². The van der Waals surface area contributed by atoms with Crippen LogP contribution in [0.5, 0.6) is 0 Å². The van der Waals surface area contributed by atoms with Crippen LogP contribution in [-0.4, -0.2) is 15.5 Å². The van der Waals surface area contributed by atoms with Gasteiger partial charge in [0.05, 0.1) is 0 Å². The number of primary amides is 1. The van der Waals surface area contributed by atoms with E-state index in [4.69, 9.17) is 5.73 Å². The second-order valence-electron chi connectivity index (χ2n) is 2.53. The maximum atomic E-state index is 10.9. The number of nitrogens with zero attached hydrogens (tertiary/aromatic N) is 1. The summed E-state index contributed by atoms with van der Waals surface area (Å²) in [5.74, 6) is -0.335. The van der Waals surface area contributed by atoms with Crippen molar-refractivity contribution in [1.29, 1.82) is 0 Å². The fraction of sp³-hybridized carbons (Fsp3) is 0.429. The largest absolute Gasteiger partial charge is 0.370 e. The van der Waals surface area contributed by atoms with Crippen molar-refractivity contribution < 1.29 is 4.79 Å². The number of amides is 1. The van der Waals surface area contributed by atoms with E-state index >= 15 is 0 Å². The molecule has 1 aromatic rings. The van der Waals surface area contributed by atoms with E-state index in [9.17, 15) is 9.59 Å². The second kappa shape index (κ2) is 3.75. The molecular weight excluding hydrogens is 158 g/mol. The molecule has 66 valence electrons. The molecule has 1 aromatic heterocycles. The SMILES string of the molecule is NC(=O)CCCn1cc[nH]c1=O. The molecular formula is C7H11N3O2. The van der Waals surface area contributed by atoms with E-state index in [0.717, 1.165) is 0 Å². The van der Waals surface area contributed by atoms with Gasteiger partial charge in [0.15, 0.2) is 0 Å². The van der Waals surface area contributed by atoms with Gasteiger partial charge in [-0.2, -0.15) is 0 Å². The van der Waals surface area contributed by atoms with Gasteiger partial charge in [0.1, 0.15) is 0 Å². The van der Waals surface area contributed by atoms with Crippen molar-refractivity contribution in [3.05, 3.63) is 22.9 Å². The van der Waals surface area contributed by atoms with Gasteiger partial charge in [-0.3, -0.25) is 9.36 Å². The number of nitrogens with one attached hydrogen (secondary N) is 1. The average Bonchev–Trinajstić information content (AvgIpc) is 2.36. The quantitative estimate of drug-likeness (QED) is 0.633. The molecule has 0 saturated heterocycles. The first-order valence-electron chi connectivity index (χ1n) is 3.72. The van der Waals surface area contributed by atoms with E-state index in [-0.39, 0.29) is 11.6 Å². The molecule has 0 bridgehead atoms. The number of aryl methyl sites for hydroxylation is 1. The molecule has 12 heavy (non-hydrogen) atoms. The number of aromatic nitrogens is 2. The molecule has 0 fully saturated rings. The summed E-state index contributed by atoms with van der Waals surface area (Å²) in [5, 5.41) is 0. The summed E-state index contributed by atoms with van der Waals surface area (Å²) in [4.78, 5) is 23.7. The van der Waals surface area contributed by atoms with Gasteiger partial charge in [0.2, 0.25) is 5.91 Å². The number of nitrogens with two attached hydrogens (primary N) is 1. The normalized spacial score (nSPS) is 10.0. The summed E-state index contributed by atoms with van der Waals surface area (Å²) in [5.41, 5.74) is 4.78. The molecule has 0 aliphatic heterocycles. The molecule has 1 heterocycles. The molecule has 0 spiro atoms. The monoisotopic (exact) mass is 169 g/mol. The highest BCUT2D eigenvalue weighted by molar-refractivity contribution is 5.73. The average molecular weight is 169 g/mol. The fourth-order valence-electron chi connectivity index (χ4n) is 0.949. The van der Waals surface area contributed by atoms with Crippen molar-refractivity contribution in [1.82, 2.24) is 9.55 Å². The summed E-state index contributed by atoms with van der Waals surface area (Å²) >= 11 is 0. The topological polar surface area (TPSA) is 80.9 Å². The molecule has 0 aliphatic carbocycles. The zero-order valence-electron chi connectivity index (χ0n) is 6.62. The number of carbonyl (C=O) groups is 1. The number of imidazole rings is 1. The van der Waals surface area contributed by atoms with Crippen LogP contribution in [0.1, 0.15) is 12.8 Å². The summed E-state index contributed by atoms with van der Waals surface area (Å²) in [6, 6.07) is 0. The van der Waals surface area contributed by atoms with Crippen molar-refractivity contribution in [2.45, 2.75) is 19.4 Å². The van der Waals surface area contributed by atoms with Gasteiger partial charge in [-0.05, 0) is 6.42 Å². The van der Waals surface area contributed by atoms with Crippen LogP contribution in [0, 0.1) is 0 Å².